The van der Waals surface area contributed by atoms with Crippen molar-refractivity contribution in [3.05, 3.63) is 52.5 Å². The zero-order chi connectivity index (χ0) is 22.1. The standard InChI is InChI=1S/C26H33N3O3/c1-2-32-26(31)24-25(30)29(23-13-9-8-12-22(23)27-24)21-16-19-14-15-20(17-21)28(19)18-10-6-4-3-5-7-11-18/h6,8-10,12-13,18-21H,2-5,7,11,14-17H2,1H3/b10-6-/t18?,19-,20+,21+. The molecule has 6 nitrogen and oxygen atoms in total. The molecule has 4 atom stereocenters. The second kappa shape index (κ2) is 9.18. The van der Waals surface area contributed by atoms with Crippen LogP contribution in [0.25, 0.3) is 11.0 Å². The molecule has 0 radical (unpaired) electrons. The number of nitrogens with zero attached hydrogens (tertiary/aromatic N) is 3. The molecule has 6 heteroatoms. The van der Waals surface area contributed by atoms with Crippen molar-refractivity contribution < 1.29 is 9.53 Å². The second-order valence-electron chi connectivity index (χ2n) is 9.44. The zero-order valence-corrected chi connectivity index (χ0v) is 18.9. The quantitative estimate of drug-likeness (QED) is 0.518. The van der Waals surface area contributed by atoms with Gasteiger partial charge in [-0.3, -0.25) is 9.69 Å². The van der Waals surface area contributed by atoms with Crippen molar-refractivity contribution in [1.29, 1.82) is 0 Å². The molecule has 1 aromatic carbocycles. The van der Waals surface area contributed by atoms with E-state index < -0.39 is 5.97 Å². The predicted octanol–water partition coefficient (Wildman–Crippen LogP) is 4.63. The van der Waals surface area contributed by atoms with Crippen LogP contribution in [0.5, 0.6) is 0 Å². The van der Waals surface area contributed by atoms with Crippen LogP contribution in [0.1, 0.15) is 81.2 Å². The fourth-order valence-electron chi connectivity index (χ4n) is 6.18. The third-order valence-electron chi connectivity index (χ3n) is 7.51. The third kappa shape index (κ3) is 3.90. The minimum Gasteiger partial charge on any atom is -0.461 e. The molecule has 0 amide bonds. The molecule has 3 aliphatic rings. The summed E-state index contributed by atoms with van der Waals surface area (Å²) < 4.78 is 6.99. The van der Waals surface area contributed by atoms with Gasteiger partial charge in [-0.25, -0.2) is 9.78 Å². The number of piperidine rings is 1. The molecule has 1 aromatic heterocycles. The smallest absolute Gasteiger partial charge is 0.362 e. The third-order valence-corrected chi connectivity index (χ3v) is 7.51. The number of carbonyl (C=O) groups is 1. The summed E-state index contributed by atoms with van der Waals surface area (Å²) in [6.07, 6.45) is 15.4. The number of allylic oxidation sites excluding steroid dienone is 1. The summed E-state index contributed by atoms with van der Waals surface area (Å²) in [6, 6.07) is 9.22. The number of hydrogen-bond donors (Lipinski definition) is 0. The van der Waals surface area contributed by atoms with Crippen LogP contribution in [-0.2, 0) is 4.74 Å². The Morgan fingerprint density at radius 2 is 1.84 bits per heavy atom. The molecule has 2 fully saturated rings. The van der Waals surface area contributed by atoms with Gasteiger partial charge in [0.05, 0.1) is 17.6 Å². The molecule has 5 rings (SSSR count). The largest absolute Gasteiger partial charge is 0.461 e. The van der Waals surface area contributed by atoms with Crippen molar-refractivity contribution >= 4 is 17.0 Å². The maximum atomic E-state index is 13.5. The van der Waals surface area contributed by atoms with Gasteiger partial charge in [-0.05, 0) is 64.0 Å². The number of carbonyl (C=O) groups excluding carboxylic acids is 1. The highest BCUT2D eigenvalue weighted by atomic mass is 16.5. The summed E-state index contributed by atoms with van der Waals surface area (Å²) >= 11 is 0. The summed E-state index contributed by atoms with van der Waals surface area (Å²) in [6.45, 7) is 1.97. The van der Waals surface area contributed by atoms with E-state index in [0.29, 0.717) is 23.6 Å². The number of ether oxygens (including phenoxy) is 1. The first-order valence-corrected chi connectivity index (χ1v) is 12.3. The minimum atomic E-state index is -0.628. The van der Waals surface area contributed by atoms with E-state index in [9.17, 15) is 9.59 Å². The summed E-state index contributed by atoms with van der Waals surface area (Å²) in [5.74, 6) is -0.628. The second-order valence-corrected chi connectivity index (χ2v) is 9.44. The molecule has 3 heterocycles. The van der Waals surface area contributed by atoms with Crippen LogP contribution in [0.4, 0.5) is 0 Å². The molecule has 2 saturated heterocycles. The number of rotatable bonds is 4. The van der Waals surface area contributed by atoms with Crippen molar-refractivity contribution in [1.82, 2.24) is 14.5 Å². The van der Waals surface area contributed by atoms with E-state index in [1.807, 2.05) is 28.8 Å². The van der Waals surface area contributed by atoms with E-state index in [1.165, 1.54) is 44.9 Å². The van der Waals surface area contributed by atoms with Crippen LogP contribution in [0, 0.1) is 0 Å². The van der Waals surface area contributed by atoms with Gasteiger partial charge in [0.25, 0.3) is 5.56 Å². The minimum absolute atomic E-state index is 0.0786. The van der Waals surface area contributed by atoms with Crippen molar-refractivity contribution in [2.24, 2.45) is 0 Å². The van der Waals surface area contributed by atoms with E-state index in [0.717, 1.165) is 18.4 Å². The molecule has 1 aliphatic carbocycles. The lowest BCUT2D eigenvalue weighted by atomic mass is 9.92. The Morgan fingerprint density at radius 3 is 2.62 bits per heavy atom. The molecule has 2 aromatic rings. The van der Waals surface area contributed by atoms with Gasteiger partial charge >= 0.3 is 5.97 Å². The molecule has 2 bridgehead atoms. The number of hydrogen-bond acceptors (Lipinski definition) is 5. The van der Waals surface area contributed by atoms with Gasteiger partial charge in [-0.1, -0.05) is 37.1 Å². The van der Waals surface area contributed by atoms with Crippen LogP contribution in [0.15, 0.2) is 41.2 Å². The molecule has 1 unspecified atom stereocenters. The fourth-order valence-corrected chi connectivity index (χ4v) is 6.18. The number of esters is 1. The van der Waals surface area contributed by atoms with Gasteiger partial charge in [0, 0.05) is 24.2 Å². The van der Waals surface area contributed by atoms with Gasteiger partial charge in [-0.15, -0.1) is 0 Å². The highest BCUT2D eigenvalue weighted by Crippen LogP contribution is 2.43. The Balaban J connectivity index is 1.49. The monoisotopic (exact) mass is 435 g/mol. The van der Waals surface area contributed by atoms with E-state index >= 15 is 0 Å². The average Bonchev–Trinajstić information content (AvgIpc) is 3.02. The Bertz CT molecular complexity index is 1060. The van der Waals surface area contributed by atoms with Gasteiger partial charge in [-0.2, -0.15) is 0 Å². The first-order chi connectivity index (χ1) is 15.7. The summed E-state index contributed by atoms with van der Waals surface area (Å²) in [5, 5.41) is 0. The van der Waals surface area contributed by atoms with Crippen LogP contribution >= 0.6 is 0 Å². The lowest BCUT2D eigenvalue weighted by Gasteiger charge is -2.43. The molecule has 0 N–H and O–H groups in total. The SMILES string of the molecule is CCOC(=O)c1nc2ccccc2n([C@H]2C[C@H]3CC[C@@H](C2)N3C2/C=C\CCCCC2)c1=O. The zero-order valence-electron chi connectivity index (χ0n) is 18.9. The normalized spacial score (nSPS) is 29.4. The Labute approximate surface area is 189 Å². The van der Waals surface area contributed by atoms with Gasteiger partial charge < -0.3 is 9.30 Å². The number of fused-ring (bicyclic) bond motifs is 3. The Hall–Kier alpha value is -2.47. The van der Waals surface area contributed by atoms with Crippen LogP contribution in [0.3, 0.4) is 0 Å². The average molecular weight is 436 g/mol. The van der Waals surface area contributed by atoms with Gasteiger partial charge in [0.15, 0.2) is 0 Å². The molecular weight excluding hydrogens is 402 g/mol. The molecule has 0 saturated carbocycles. The maximum Gasteiger partial charge on any atom is 0.362 e. The molecule has 2 aliphatic heterocycles. The highest BCUT2D eigenvalue weighted by molar-refractivity contribution is 5.89. The van der Waals surface area contributed by atoms with E-state index in [4.69, 9.17) is 4.74 Å². The van der Waals surface area contributed by atoms with Gasteiger partial charge in [0.2, 0.25) is 5.69 Å². The van der Waals surface area contributed by atoms with Crippen LogP contribution in [-0.4, -0.2) is 45.2 Å². The fraction of sp³-hybridized carbons (Fsp3) is 0.577. The first-order valence-electron chi connectivity index (χ1n) is 12.3. The number of aromatic nitrogens is 2. The lowest BCUT2D eigenvalue weighted by molar-refractivity contribution is 0.0514. The molecular formula is C26H33N3O3. The Kier molecular flexibility index (Phi) is 6.13. The van der Waals surface area contributed by atoms with Crippen molar-refractivity contribution in [3.8, 4) is 0 Å². The summed E-state index contributed by atoms with van der Waals surface area (Å²) in [4.78, 5) is 33.1. The molecule has 0 spiro atoms. The first kappa shape index (κ1) is 21.4. The van der Waals surface area contributed by atoms with E-state index in [1.54, 1.807) is 6.92 Å². The highest BCUT2D eigenvalue weighted by Gasteiger charge is 2.44. The molecule has 32 heavy (non-hydrogen) atoms. The van der Waals surface area contributed by atoms with Gasteiger partial charge in [0.1, 0.15) is 0 Å². The van der Waals surface area contributed by atoms with Crippen molar-refractivity contribution in [2.45, 2.75) is 88.9 Å². The van der Waals surface area contributed by atoms with Crippen LogP contribution < -0.4 is 5.56 Å². The molecule has 170 valence electrons. The van der Waals surface area contributed by atoms with E-state index in [-0.39, 0.29) is 23.9 Å². The lowest BCUT2D eigenvalue weighted by Crippen LogP contribution is -2.49. The maximum absolute atomic E-state index is 13.5. The van der Waals surface area contributed by atoms with E-state index in [2.05, 4.69) is 22.0 Å². The number of benzene rings is 1. The number of para-hydroxylation sites is 2. The van der Waals surface area contributed by atoms with Crippen molar-refractivity contribution in [2.75, 3.05) is 6.61 Å². The van der Waals surface area contributed by atoms with Crippen molar-refractivity contribution in [3.63, 3.8) is 0 Å². The van der Waals surface area contributed by atoms with Crippen LogP contribution in [0.2, 0.25) is 0 Å². The Morgan fingerprint density at radius 1 is 1.06 bits per heavy atom. The predicted molar refractivity (Wildman–Crippen MR) is 125 cm³/mol. The topological polar surface area (TPSA) is 64.4 Å². The summed E-state index contributed by atoms with van der Waals surface area (Å²) in [5.41, 5.74) is 1.08. The summed E-state index contributed by atoms with van der Waals surface area (Å²) in [7, 11) is 0.